The van der Waals surface area contributed by atoms with Gasteiger partial charge >= 0.3 is 0 Å². The molecule has 7 nitrogen and oxygen atoms in total. The molecular weight excluding hydrogens is 366 g/mol. The van der Waals surface area contributed by atoms with Crippen LogP contribution in [0.25, 0.3) is 0 Å². The molecule has 0 unspecified atom stereocenters. The van der Waals surface area contributed by atoms with Crippen LogP contribution in [0.15, 0.2) is 59.6 Å². The second kappa shape index (κ2) is 11.5. The second-order valence-electron chi connectivity index (χ2n) is 6.64. The minimum Gasteiger partial charge on any atom is -0.357 e. The molecule has 0 spiro atoms. The zero-order valence-corrected chi connectivity index (χ0v) is 17.2. The number of guanidine groups is 1. The Balaban J connectivity index is 1.83. The van der Waals surface area contributed by atoms with Gasteiger partial charge in [0.1, 0.15) is 0 Å². The van der Waals surface area contributed by atoms with E-state index in [1.54, 1.807) is 31.1 Å². The highest BCUT2D eigenvalue weighted by atomic mass is 16.2. The molecule has 0 radical (unpaired) electrons. The molecule has 0 fully saturated rings. The molecule has 0 aliphatic carbocycles. The number of aliphatic imine (C=N–C) groups is 1. The standard InChI is InChI=1S/C22H29N5O2/c1-4-23-22(25-15-14-24-20(28)18-8-6-5-7-9-18)26-16-17-10-12-19(13-11-17)21(29)27(2)3/h5-13H,4,14-16H2,1-3H3,(H,24,28)(H2,23,25,26). The summed E-state index contributed by atoms with van der Waals surface area (Å²) in [4.78, 5) is 30.1. The van der Waals surface area contributed by atoms with Crippen LogP contribution in [-0.4, -0.2) is 56.4 Å². The van der Waals surface area contributed by atoms with E-state index in [1.807, 2.05) is 49.4 Å². The van der Waals surface area contributed by atoms with Gasteiger partial charge in [-0.25, -0.2) is 4.99 Å². The van der Waals surface area contributed by atoms with Gasteiger partial charge in [0.2, 0.25) is 0 Å². The highest BCUT2D eigenvalue weighted by molar-refractivity contribution is 5.94. The molecule has 3 N–H and O–H groups in total. The van der Waals surface area contributed by atoms with Crippen LogP contribution in [0.2, 0.25) is 0 Å². The third-order valence-electron chi connectivity index (χ3n) is 4.11. The van der Waals surface area contributed by atoms with Crippen molar-refractivity contribution in [2.24, 2.45) is 4.99 Å². The lowest BCUT2D eigenvalue weighted by atomic mass is 10.1. The Labute approximate surface area is 172 Å². The number of hydrogen-bond donors (Lipinski definition) is 3. The Morgan fingerprint density at radius 2 is 1.52 bits per heavy atom. The maximum Gasteiger partial charge on any atom is 0.253 e. The van der Waals surface area contributed by atoms with Gasteiger partial charge < -0.3 is 20.9 Å². The lowest BCUT2D eigenvalue weighted by molar-refractivity contribution is 0.0827. The Hall–Kier alpha value is -3.35. The second-order valence-corrected chi connectivity index (χ2v) is 6.64. The zero-order chi connectivity index (χ0) is 21.1. The van der Waals surface area contributed by atoms with E-state index in [9.17, 15) is 9.59 Å². The molecular formula is C22H29N5O2. The molecule has 0 saturated carbocycles. The van der Waals surface area contributed by atoms with Crippen molar-refractivity contribution < 1.29 is 9.59 Å². The molecule has 7 heteroatoms. The first-order chi connectivity index (χ1) is 14.0. The number of amides is 2. The number of rotatable bonds is 8. The summed E-state index contributed by atoms with van der Waals surface area (Å²) in [5.74, 6) is 0.559. The van der Waals surface area contributed by atoms with Crippen LogP contribution >= 0.6 is 0 Å². The molecule has 0 atom stereocenters. The van der Waals surface area contributed by atoms with E-state index in [4.69, 9.17) is 0 Å². The first-order valence-corrected chi connectivity index (χ1v) is 9.67. The van der Waals surface area contributed by atoms with E-state index in [1.165, 1.54) is 0 Å². The summed E-state index contributed by atoms with van der Waals surface area (Å²) < 4.78 is 0. The summed E-state index contributed by atoms with van der Waals surface area (Å²) in [6, 6.07) is 16.6. The van der Waals surface area contributed by atoms with Crippen molar-refractivity contribution in [3.05, 3.63) is 71.3 Å². The molecule has 2 aromatic carbocycles. The molecule has 29 heavy (non-hydrogen) atoms. The van der Waals surface area contributed by atoms with Gasteiger partial charge in [-0.3, -0.25) is 9.59 Å². The van der Waals surface area contributed by atoms with Crippen LogP contribution in [0.5, 0.6) is 0 Å². The van der Waals surface area contributed by atoms with Crippen molar-refractivity contribution in [1.29, 1.82) is 0 Å². The Morgan fingerprint density at radius 3 is 2.14 bits per heavy atom. The summed E-state index contributed by atoms with van der Waals surface area (Å²) in [6.45, 7) is 4.26. The van der Waals surface area contributed by atoms with E-state index in [0.29, 0.717) is 36.7 Å². The van der Waals surface area contributed by atoms with Gasteiger partial charge in [0.15, 0.2) is 5.96 Å². The molecule has 0 aliphatic heterocycles. The predicted molar refractivity (Wildman–Crippen MR) is 116 cm³/mol. The normalized spacial score (nSPS) is 10.9. The maximum absolute atomic E-state index is 12.0. The Kier molecular flexibility index (Phi) is 8.69. The van der Waals surface area contributed by atoms with Crippen LogP contribution in [-0.2, 0) is 6.54 Å². The number of carbonyl (C=O) groups is 2. The van der Waals surface area contributed by atoms with E-state index in [2.05, 4.69) is 20.9 Å². The summed E-state index contributed by atoms with van der Waals surface area (Å²) in [6.07, 6.45) is 0. The van der Waals surface area contributed by atoms with Crippen molar-refractivity contribution in [2.75, 3.05) is 33.7 Å². The van der Waals surface area contributed by atoms with Crippen molar-refractivity contribution in [3.63, 3.8) is 0 Å². The lowest BCUT2D eigenvalue weighted by Gasteiger charge is -2.12. The van der Waals surface area contributed by atoms with Crippen molar-refractivity contribution in [2.45, 2.75) is 13.5 Å². The van der Waals surface area contributed by atoms with Crippen molar-refractivity contribution in [1.82, 2.24) is 20.9 Å². The molecule has 0 aromatic heterocycles. The third kappa shape index (κ3) is 7.29. The Morgan fingerprint density at radius 1 is 0.862 bits per heavy atom. The minimum atomic E-state index is -0.0956. The molecule has 0 saturated heterocycles. The van der Waals surface area contributed by atoms with Gasteiger partial charge in [-0.15, -0.1) is 0 Å². The van der Waals surface area contributed by atoms with Gasteiger partial charge in [-0.05, 0) is 36.8 Å². The Bertz CT molecular complexity index is 817. The highest BCUT2D eigenvalue weighted by Gasteiger charge is 2.07. The zero-order valence-electron chi connectivity index (χ0n) is 17.2. The summed E-state index contributed by atoms with van der Waals surface area (Å²) in [5.41, 5.74) is 2.31. The number of benzene rings is 2. The molecule has 2 amide bonds. The van der Waals surface area contributed by atoms with E-state index < -0.39 is 0 Å². The van der Waals surface area contributed by atoms with Crippen LogP contribution in [0, 0.1) is 0 Å². The largest absolute Gasteiger partial charge is 0.357 e. The third-order valence-corrected chi connectivity index (χ3v) is 4.11. The minimum absolute atomic E-state index is 0.0207. The fraction of sp³-hybridized carbons (Fsp3) is 0.318. The van der Waals surface area contributed by atoms with Crippen LogP contribution < -0.4 is 16.0 Å². The van der Waals surface area contributed by atoms with Crippen LogP contribution in [0.3, 0.4) is 0 Å². The lowest BCUT2D eigenvalue weighted by Crippen LogP contribution is -2.41. The average Bonchev–Trinajstić information content (AvgIpc) is 2.75. The number of nitrogens with zero attached hydrogens (tertiary/aromatic N) is 2. The van der Waals surface area contributed by atoms with Crippen LogP contribution in [0.1, 0.15) is 33.2 Å². The molecule has 2 aromatic rings. The van der Waals surface area contributed by atoms with Crippen LogP contribution in [0.4, 0.5) is 0 Å². The average molecular weight is 396 g/mol. The van der Waals surface area contributed by atoms with Crippen molar-refractivity contribution >= 4 is 17.8 Å². The van der Waals surface area contributed by atoms with E-state index >= 15 is 0 Å². The smallest absolute Gasteiger partial charge is 0.253 e. The first kappa shape index (κ1) is 21.9. The van der Waals surface area contributed by atoms with E-state index in [0.717, 1.165) is 12.1 Å². The fourth-order valence-electron chi connectivity index (χ4n) is 2.57. The predicted octanol–water partition coefficient (Wildman–Crippen LogP) is 1.87. The molecule has 2 rings (SSSR count). The molecule has 154 valence electrons. The molecule has 0 heterocycles. The first-order valence-electron chi connectivity index (χ1n) is 9.67. The monoisotopic (exact) mass is 395 g/mol. The maximum atomic E-state index is 12.0. The number of hydrogen-bond acceptors (Lipinski definition) is 3. The van der Waals surface area contributed by atoms with Gasteiger partial charge in [0, 0.05) is 44.9 Å². The van der Waals surface area contributed by atoms with Gasteiger partial charge in [-0.2, -0.15) is 0 Å². The topological polar surface area (TPSA) is 85.8 Å². The summed E-state index contributed by atoms with van der Waals surface area (Å²) >= 11 is 0. The summed E-state index contributed by atoms with van der Waals surface area (Å²) in [7, 11) is 3.47. The van der Waals surface area contributed by atoms with Gasteiger partial charge in [0.05, 0.1) is 6.54 Å². The van der Waals surface area contributed by atoms with Gasteiger partial charge in [0.25, 0.3) is 11.8 Å². The molecule has 0 aliphatic rings. The quantitative estimate of drug-likeness (QED) is 0.362. The number of nitrogens with one attached hydrogen (secondary N) is 3. The SMILES string of the molecule is CCNC(=NCc1ccc(C(=O)N(C)C)cc1)NCCNC(=O)c1ccccc1. The fourth-order valence-corrected chi connectivity index (χ4v) is 2.57. The van der Waals surface area contributed by atoms with Gasteiger partial charge in [-0.1, -0.05) is 30.3 Å². The highest BCUT2D eigenvalue weighted by Crippen LogP contribution is 2.07. The number of carbonyl (C=O) groups excluding carboxylic acids is 2. The van der Waals surface area contributed by atoms with Crippen molar-refractivity contribution in [3.8, 4) is 0 Å². The molecule has 0 bridgehead atoms. The van der Waals surface area contributed by atoms with E-state index in [-0.39, 0.29) is 11.8 Å². The summed E-state index contributed by atoms with van der Waals surface area (Å²) in [5, 5.41) is 9.26.